The number of thiophene rings is 1. The van der Waals surface area contributed by atoms with E-state index in [9.17, 15) is 0 Å². The fourth-order valence-corrected chi connectivity index (χ4v) is 11.0. The number of benzene rings is 9. The van der Waals surface area contributed by atoms with Crippen molar-refractivity contribution in [3.05, 3.63) is 213 Å². The predicted octanol–water partition coefficient (Wildman–Crippen LogP) is 16.1. The van der Waals surface area contributed by atoms with Crippen LogP contribution in [0.15, 0.2) is 217 Å². The van der Waals surface area contributed by atoms with E-state index in [0.717, 1.165) is 66.5 Å². The first-order valence-electron chi connectivity index (χ1n) is 22.3. The highest BCUT2D eigenvalue weighted by Gasteiger charge is 2.18. The molecule has 6 nitrogen and oxygen atoms in total. The first kappa shape index (κ1) is 37.6. The van der Waals surface area contributed by atoms with Gasteiger partial charge in [0.05, 0.1) is 11.0 Å². The smallest absolute Gasteiger partial charge is 0.164 e. The summed E-state index contributed by atoms with van der Waals surface area (Å²) in [5.74, 6) is 1.73. The zero-order valence-corrected chi connectivity index (χ0v) is 36.6. The second-order valence-corrected chi connectivity index (χ2v) is 18.1. The molecule has 0 spiro atoms. The lowest BCUT2D eigenvalue weighted by Gasteiger charge is -2.12. The molecular weight excluding hydrogens is 839 g/mol. The van der Waals surface area contributed by atoms with Crippen LogP contribution in [-0.4, -0.2) is 24.5 Å². The molecule has 0 saturated heterocycles. The van der Waals surface area contributed by atoms with Gasteiger partial charge < -0.3 is 8.98 Å². The quantitative estimate of drug-likeness (QED) is 0.166. The first-order valence-corrected chi connectivity index (χ1v) is 23.2. The van der Waals surface area contributed by atoms with Crippen molar-refractivity contribution in [3.8, 4) is 62.1 Å². The Hall–Kier alpha value is -8.78. The van der Waals surface area contributed by atoms with Crippen molar-refractivity contribution in [2.24, 2.45) is 0 Å². The number of rotatable bonds is 6. The van der Waals surface area contributed by atoms with Crippen molar-refractivity contribution in [1.29, 1.82) is 0 Å². The lowest BCUT2D eigenvalue weighted by atomic mass is 9.98. The third-order valence-corrected chi connectivity index (χ3v) is 14.3. The van der Waals surface area contributed by atoms with E-state index in [1.54, 1.807) is 6.20 Å². The van der Waals surface area contributed by atoms with Crippen LogP contribution < -0.4 is 0 Å². The molecular formula is C60H35N5OS. The fourth-order valence-electron chi connectivity index (χ4n) is 9.89. The maximum Gasteiger partial charge on any atom is 0.164 e. The molecule has 5 aromatic heterocycles. The van der Waals surface area contributed by atoms with E-state index in [1.807, 2.05) is 29.7 Å². The van der Waals surface area contributed by atoms with Gasteiger partial charge in [0.25, 0.3) is 0 Å². The average molecular weight is 874 g/mol. The Morgan fingerprint density at radius 3 is 1.88 bits per heavy atom. The van der Waals surface area contributed by atoms with Gasteiger partial charge in [0.15, 0.2) is 17.5 Å². The van der Waals surface area contributed by atoms with Gasteiger partial charge in [-0.05, 0) is 106 Å². The molecule has 0 radical (unpaired) electrons. The predicted molar refractivity (Wildman–Crippen MR) is 277 cm³/mol. The molecule has 67 heavy (non-hydrogen) atoms. The zero-order chi connectivity index (χ0) is 44.0. The van der Waals surface area contributed by atoms with Crippen LogP contribution in [0.2, 0.25) is 0 Å². The lowest BCUT2D eigenvalue weighted by molar-refractivity contribution is 0.668. The molecule has 0 aliphatic carbocycles. The summed E-state index contributed by atoms with van der Waals surface area (Å²) in [6, 6.07) is 71.1. The Morgan fingerprint density at radius 2 is 1.03 bits per heavy atom. The number of furan rings is 1. The molecule has 0 unspecified atom stereocenters. The average Bonchev–Trinajstić information content (AvgIpc) is 4.08. The van der Waals surface area contributed by atoms with E-state index >= 15 is 0 Å². The van der Waals surface area contributed by atoms with Gasteiger partial charge in [-0.15, -0.1) is 11.3 Å². The van der Waals surface area contributed by atoms with Gasteiger partial charge in [-0.25, -0.2) is 15.0 Å². The molecule has 5 heterocycles. The highest BCUT2D eigenvalue weighted by Crippen LogP contribution is 2.42. The maximum absolute atomic E-state index is 6.29. The number of fused-ring (bicyclic) bond motifs is 10. The second kappa shape index (κ2) is 14.9. The highest BCUT2D eigenvalue weighted by atomic mass is 32.1. The van der Waals surface area contributed by atoms with Crippen LogP contribution in [0.4, 0.5) is 0 Å². The van der Waals surface area contributed by atoms with Gasteiger partial charge in [-0.1, -0.05) is 127 Å². The van der Waals surface area contributed by atoms with Crippen molar-refractivity contribution < 1.29 is 4.42 Å². The SMILES string of the molecule is c1ccc2cc(-c3ccc(-c4nc(-c5ccc(-n6c7ccccc7c7ccc(-c8cccc9sc%10ccccc%10c89)cc76)cc5)nc(-c5ccc6c(c5)oc5ccncc56)n4)cc3)ccc2c1. The van der Waals surface area contributed by atoms with Crippen LogP contribution >= 0.6 is 11.3 Å². The van der Waals surface area contributed by atoms with E-state index in [-0.39, 0.29) is 0 Å². The number of para-hydroxylation sites is 1. The molecule has 0 amide bonds. The summed E-state index contributed by atoms with van der Waals surface area (Å²) in [6.07, 6.45) is 3.59. The monoisotopic (exact) mass is 873 g/mol. The Balaban J connectivity index is 0.888. The third kappa shape index (κ3) is 6.17. The van der Waals surface area contributed by atoms with Crippen LogP contribution in [0.5, 0.6) is 0 Å². The van der Waals surface area contributed by atoms with Crippen LogP contribution in [0.25, 0.3) is 137 Å². The Kier molecular flexibility index (Phi) is 8.35. The molecule has 0 N–H and O–H groups in total. The van der Waals surface area contributed by atoms with Gasteiger partial charge in [-0.2, -0.15) is 0 Å². The Labute approximate surface area is 387 Å². The minimum Gasteiger partial charge on any atom is -0.456 e. The van der Waals surface area contributed by atoms with Gasteiger partial charge >= 0.3 is 0 Å². The molecule has 7 heteroatoms. The molecule has 0 aliphatic heterocycles. The summed E-state index contributed by atoms with van der Waals surface area (Å²) >= 11 is 1.85. The summed E-state index contributed by atoms with van der Waals surface area (Å²) in [5.41, 5.74) is 12.2. The van der Waals surface area contributed by atoms with Crippen molar-refractivity contribution >= 4 is 86.0 Å². The van der Waals surface area contributed by atoms with Gasteiger partial charge in [-0.3, -0.25) is 4.98 Å². The van der Waals surface area contributed by atoms with Gasteiger partial charge in [0.2, 0.25) is 0 Å². The van der Waals surface area contributed by atoms with Crippen molar-refractivity contribution in [1.82, 2.24) is 24.5 Å². The number of hydrogen-bond acceptors (Lipinski definition) is 6. The van der Waals surface area contributed by atoms with Gasteiger partial charge in [0, 0.05) is 76.5 Å². The lowest BCUT2D eigenvalue weighted by Crippen LogP contribution is -2.00. The zero-order valence-electron chi connectivity index (χ0n) is 35.8. The molecule has 0 aliphatic rings. The summed E-state index contributed by atoms with van der Waals surface area (Å²) in [5, 5.41) is 9.43. The third-order valence-electron chi connectivity index (χ3n) is 13.2. The van der Waals surface area contributed by atoms with Crippen LogP contribution in [-0.2, 0) is 0 Å². The molecule has 14 aromatic rings. The van der Waals surface area contributed by atoms with E-state index in [1.165, 1.54) is 52.8 Å². The van der Waals surface area contributed by atoms with Gasteiger partial charge in [0.1, 0.15) is 11.2 Å². The molecule has 14 rings (SSSR count). The minimum absolute atomic E-state index is 0.562. The van der Waals surface area contributed by atoms with Crippen LogP contribution in [0, 0.1) is 0 Å². The summed E-state index contributed by atoms with van der Waals surface area (Å²) in [6.45, 7) is 0. The van der Waals surface area contributed by atoms with Crippen molar-refractivity contribution in [2.75, 3.05) is 0 Å². The molecule has 312 valence electrons. The number of aromatic nitrogens is 5. The van der Waals surface area contributed by atoms with Crippen molar-refractivity contribution in [2.45, 2.75) is 0 Å². The number of nitrogens with zero attached hydrogens (tertiary/aromatic N) is 5. The Morgan fingerprint density at radius 1 is 0.388 bits per heavy atom. The highest BCUT2D eigenvalue weighted by molar-refractivity contribution is 7.25. The number of pyridine rings is 1. The van der Waals surface area contributed by atoms with Crippen molar-refractivity contribution in [3.63, 3.8) is 0 Å². The van der Waals surface area contributed by atoms with E-state index in [2.05, 4.69) is 198 Å². The first-order chi connectivity index (χ1) is 33.2. The normalized spacial score (nSPS) is 11.9. The number of hydrogen-bond donors (Lipinski definition) is 0. The summed E-state index contributed by atoms with van der Waals surface area (Å²) in [7, 11) is 0. The van der Waals surface area contributed by atoms with E-state index in [4.69, 9.17) is 19.4 Å². The fraction of sp³-hybridized carbons (Fsp3) is 0. The molecule has 0 saturated carbocycles. The molecule has 0 bridgehead atoms. The summed E-state index contributed by atoms with van der Waals surface area (Å²) < 4.78 is 11.3. The standard InChI is InChI=1S/C60H35N5OS/c1-2-9-40-32-41(21-18-36(40)8-1)37-16-19-38(20-17-37)58-62-59(64-60(63-58)43-25-29-48-50-35-61-31-30-53(50)66-54(48)34-43)39-22-26-44(27-23-39)65-51-13-5-3-10-46(51)47-28-24-42(33-52(47)65)45-12-7-15-56-57(45)49-11-4-6-14-55(49)67-56/h1-35H. The van der Waals surface area contributed by atoms with E-state index < -0.39 is 0 Å². The second-order valence-electron chi connectivity index (χ2n) is 17.0. The molecule has 0 atom stereocenters. The van der Waals surface area contributed by atoms with Crippen LogP contribution in [0.1, 0.15) is 0 Å². The molecule has 0 fully saturated rings. The van der Waals surface area contributed by atoms with E-state index in [0.29, 0.717) is 17.5 Å². The Bertz CT molecular complexity index is 4280. The maximum atomic E-state index is 6.29. The topological polar surface area (TPSA) is 69.6 Å². The molecule has 9 aromatic carbocycles. The summed E-state index contributed by atoms with van der Waals surface area (Å²) in [4.78, 5) is 19.8. The minimum atomic E-state index is 0.562. The largest absolute Gasteiger partial charge is 0.456 e. The van der Waals surface area contributed by atoms with Crippen LogP contribution in [0.3, 0.4) is 0 Å².